The molecule has 0 fully saturated rings. The Morgan fingerprint density at radius 3 is 2.04 bits per heavy atom. The summed E-state index contributed by atoms with van der Waals surface area (Å²) in [7, 11) is 0. The van der Waals surface area contributed by atoms with Gasteiger partial charge in [0.25, 0.3) is 0 Å². The normalized spacial score (nSPS) is 11.1. The maximum atomic E-state index is 9.32. The summed E-state index contributed by atoms with van der Waals surface area (Å²) in [5.74, 6) is 0.279. The number of benzene rings is 2. The van der Waals surface area contributed by atoms with Crippen LogP contribution in [0.2, 0.25) is 0 Å². The molecule has 0 saturated carbocycles. The van der Waals surface area contributed by atoms with Gasteiger partial charge in [-0.05, 0) is 47.7 Å². The van der Waals surface area contributed by atoms with E-state index < -0.39 is 0 Å². The molecule has 0 amide bonds. The Bertz CT molecular complexity index is 698. The first-order valence-corrected chi connectivity index (χ1v) is 10.7. The number of allylic oxidation sites excluding steroid dienone is 1. The van der Waals surface area contributed by atoms with Crippen molar-refractivity contribution in [3.8, 4) is 5.75 Å². The van der Waals surface area contributed by atoms with Gasteiger partial charge in [-0.25, -0.2) is 0 Å². The van der Waals surface area contributed by atoms with Crippen LogP contribution in [0.5, 0.6) is 5.75 Å². The zero-order valence-electron chi connectivity index (χ0n) is 16.5. The van der Waals surface area contributed by atoms with Crippen LogP contribution in [-0.2, 0) is 6.42 Å². The lowest BCUT2D eigenvalue weighted by Crippen LogP contribution is -1.94. The summed E-state index contributed by atoms with van der Waals surface area (Å²) in [6.07, 6.45) is 16.0. The van der Waals surface area contributed by atoms with Crippen LogP contribution in [0, 0.1) is 0 Å². The second-order valence-electron chi connectivity index (χ2n) is 7.21. The number of thiocarbonyl (C=S) groups is 1. The average molecular weight is 381 g/mol. The second kappa shape index (κ2) is 12.5. The first-order valence-electron chi connectivity index (χ1n) is 10.3. The molecule has 0 bridgehead atoms. The summed E-state index contributed by atoms with van der Waals surface area (Å²) in [5, 5.41) is 9.32. The topological polar surface area (TPSA) is 20.2 Å². The Labute approximate surface area is 170 Å². The van der Waals surface area contributed by atoms with Crippen molar-refractivity contribution in [1.82, 2.24) is 0 Å². The van der Waals surface area contributed by atoms with Gasteiger partial charge in [-0.2, -0.15) is 0 Å². The average Bonchev–Trinajstić information content (AvgIpc) is 2.70. The predicted molar refractivity (Wildman–Crippen MR) is 122 cm³/mol. The molecule has 0 aliphatic carbocycles. The van der Waals surface area contributed by atoms with E-state index in [0.29, 0.717) is 0 Å². The molecule has 1 nitrogen and oxygen atoms in total. The van der Waals surface area contributed by atoms with Crippen LogP contribution in [0.15, 0.2) is 54.6 Å². The molecular formula is C25H32OS. The van der Waals surface area contributed by atoms with Gasteiger partial charge in [0.1, 0.15) is 5.75 Å². The molecule has 0 aromatic heterocycles. The van der Waals surface area contributed by atoms with Gasteiger partial charge in [0.05, 0.1) is 0 Å². The molecule has 2 aromatic carbocycles. The zero-order chi connectivity index (χ0) is 19.3. The molecule has 27 heavy (non-hydrogen) atoms. The van der Waals surface area contributed by atoms with E-state index in [0.717, 1.165) is 22.4 Å². The molecule has 0 radical (unpaired) electrons. The molecule has 2 aromatic rings. The third-order valence-corrected chi connectivity index (χ3v) is 5.25. The highest BCUT2D eigenvalue weighted by atomic mass is 32.1. The molecule has 0 saturated heterocycles. The minimum atomic E-state index is 0.279. The molecule has 0 aliphatic rings. The molecule has 2 rings (SSSR count). The summed E-state index contributed by atoms with van der Waals surface area (Å²) in [4.78, 5) is 0.835. The Kier molecular flexibility index (Phi) is 9.86. The molecule has 144 valence electrons. The summed E-state index contributed by atoms with van der Waals surface area (Å²) >= 11 is 5.52. The van der Waals surface area contributed by atoms with Crippen molar-refractivity contribution in [2.24, 2.45) is 0 Å². The maximum absolute atomic E-state index is 9.32. The van der Waals surface area contributed by atoms with Crippen LogP contribution in [0.4, 0.5) is 0 Å². The molecule has 1 N–H and O–H groups in total. The zero-order valence-corrected chi connectivity index (χ0v) is 17.3. The van der Waals surface area contributed by atoms with Crippen LogP contribution in [0.25, 0.3) is 6.08 Å². The smallest absolute Gasteiger partial charge is 0.115 e. The third kappa shape index (κ3) is 8.53. The number of unbranched alkanes of at least 4 members (excludes halogenated alkanes) is 7. The van der Waals surface area contributed by atoms with Gasteiger partial charge in [0, 0.05) is 4.86 Å². The van der Waals surface area contributed by atoms with Crippen LogP contribution in [-0.4, -0.2) is 9.97 Å². The van der Waals surface area contributed by atoms with Crippen molar-refractivity contribution in [3.63, 3.8) is 0 Å². The molecule has 0 aliphatic heterocycles. The highest BCUT2D eigenvalue weighted by Gasteiger charge is 1.99. The lowest BCUT2D eigenvalue weighted by Gasteiger charge is -2.04. The molecule has 2 heteroatoms. The quantitative estimate of drug-likeness (QED) is 0.178. The highest BCUT2D eigenvalue weighted by Crippen LogP contribution is 2.14. The number of phenols is 1. The summed E-state index contributed by atoms with van der Waals surface area (Å²) in [5.41, 5.74) is 3.51. The van der Waals surface area contributed by atoms with Gasteiger partial charge < -0.3 is 5.11 Å². The van der Waals surface area contributed by atoms with E-state index in [9.17, 15) is 5.11 Å². The molecule has 0 unspecified atom stereocenters. The Hall–Kier alpha value is -1.93. The summed E-state index contributed by atoms with van der Waals surface area (Å²) in [6, 6.07) is 15.8. The molecular weight excluding hydrogens is 348 g/mol. The number of phenolic OH excluding ortho intramolecular Hbond substituents is 1. The van der Waals surface area contributed by atoms with Gasteiger partial charge in [0.2, 0.25) is 0 Å². The Morgan fingerprint density at radius 1 is 0.815 bits per heavy atom. The molecule has 0 heterocycles. The number of aromatic hydroxyl groups is 1. The van der Waals surface area contributed by atoms with Crippen LogP contribution >= 0.6 is 12.2 Å². The standard InChI is InChI=1S/C25H32OS/c1-2-3-4-5-6-7-8-9-10-21-11-16-23(17-12-21)25(27)20-15-22-13-18-24(26)19-14-22/h11-20,26H,2-10H2,1H3. The van der Waals surface area contributed by atoms with Crippen molar-refractivity contribution < 1.29 is 5.11 Å². The van der Waals surface area contributed by atoms with Crippen molar-refractivity contribution >= 4 is 23.2 Å². The fourth-order valence-corrected chi connectivity index (χ4v) is 3.36. The van der Waals surface area contributed by atoms with Crippen LogP contribution in [0.3, 0.4) is 0 Å². The highest BCUT2D eigenvalue weighted by molar-refractivity contribution is 7.81. The number of rotatable bonds is 12. The fourth-order valence-electron chi connectivity index (χ4n) is 3.15. The molecule has 0 atom stereocenters. The largest absolute Gasteiger partial charge is 0.508 e. The van der Waals surface area contributed by atoms with E-state index in [1.54, 1.807) is 12.1 Å². The first-order chi connectivity index (χ1) is 13.2. The van der Waals surface area contributed by atoms with Crippen molar-refractivity contribution in [2.45, 2.75) is 64.7 Å². The minimum absolute atomic E-state index is 0.279. The van der Waals surface area contributed by atoms with Crippen LogP contribution in [0.1, 0.15) is 75.0 Å². The lowest BCUT2D eigenvalue weighted by atomic mass is 10.0. The van der Waals surface area contributed by atoms with Crippen molar-refractivity contribution in [3.05, 3.63) is 71.3 Å². The van der Waals surface area contributed by atoms with Crippen LogP contribution < -0.4 is 0 Å². The van der Waals surface area contributed by atoms with E-state index in [1.807, 2.05) is 24.3 Å². The van der Waals surface area contributed by atoms with Gasteiger partial charge in [-0.3, -0.25) is 0 Å². The summed E-state index contributed by atoms with van der Waals surface area (Å²) in [6.45, 7) is 2.27. The molecule has 0 spiro atoms. The number of aryl methyl sites for hydroxylation is 1. The van der Waals surface area contributed by atoms with Gasteiger partial charge >= 0.3 is 0 Å². The monoisotopic (exact) mass is 380 g/mol. The van der Waals surface area contributed by atoms with E-state index in [1.165, 1.54) is 56.9 Å². The van der Waals surface area contributed by atoms with Gasteiger partial charge in [0.15, 0.2) is 0 Å². The van der Waals surface area contributed by atoms with E-state index >= 15 is 0 Å². The van der Waals surface area contributed by atoms with Crippen molar-refractivity contribution in [1.29, 1.82) is 0 Å². The third-order valence-electron chi connectivity index (χ3n) is 4.88. The Morgan fingerprint density at radius 2 is 1.41 bits per heavy atom. The summed E-state index contributed by atoms with van der Waals surface area (Å²) < 4.78 is 0. The minimum Gasteiger partial charge on any atom is -0.508 e. The van der Waals surface area contributed by atoms with Gasteiger partial charge in [-0.1, -0.05) is 107 Å². The van der Waals surface area contributed by atoms with Crippen molar-refractivity contribution in [2.75, 3.05) is 0 Å². The first kappa shape index (κ1) is 21.4. The lowest BCUT2D eigenvalue weighted by molar-refractivity contribution is 0.475. The number of hydrogen-bond donors (Lipinski definition) is 1. The SMILES string of the molecule is CCCCCCCCCCc1ccc(C(=S)C=Cc2ccc(O)cc2)cc1. The maximum Gasteiger partial charge on any atom is 0.115 e. The van der Waals surface area contributed by atoms with Gasteiger partial charge in [-0.15, -0.1) is 0 Å². The Balaban J connectivity index is 1.71. The van der Waals surface area contributed by atoms with E-state index in [2.05, 4.69) is 31.2 Å². The van der Waals surface area contributed by atoms with E-state index in [4.69, 9.17) is 12.2 Å². The predicted octanol–water partition coefficient (Wildman–Crippen LogP) is 7.51. The van der Waals surface area contributed by atoms with E-state index in [-0.39, 0.29) is 5.75 Å². The fraction of sp³-hybridized carbons (Fsp3) is 0.400. The second-order valence-corrected chi connectivity index (χ2v) is 7.65. The number of hydrogen-bond acceptors (Lipinski definition) is 2.